The zero-order valence-corrected chi connectivity index (χ0v) is 15.5. The van der Waals surface area contributed by atoms with Crippen molar-refractivity contribution in [3.63, 3.8) is 0 Å². The van der Waals surface area contributed by atoms with Crippen LogP contribution in [0.1, 0.15) is 21.6 Å². The maximum atomic E-state index is 11.2. The van der Waals surface area contributed by atoms with Crippen LogP contribution in [0, 0.1) is 0 Å². The highest BCUT2D eigenvalue weighted by molar-refractivity contribution is 5.92. The normalized spacial score (nSPS) is 11.0. The lowest BCUT2D eigenvalue weighted by atomic mass is 9.96. The zero-order chi connectivity index (χ0) is 20.5. The Morgan fingerprint density at radius 1 is 0.862 bits per heavy atom. The van der Waals surface area contributed by atoms with Gasteiger partial charge in [0.25, 0.3) is 0 Å². The Bertz CT molecular complexity index is 1280. The van der Waals surface area contributed by atoms with Gasteiger partial charge in [-0.3, -0.25) is 4.98 Å². The number of allylic oxidation sites excluding steroid dienone is 1. The first kappa shape index (κ1) is 18.4. The van der Waals surface area contributed by atoms with Gasteiger partial charge in [0.2, 0.25) is 0 Å². The maximum absolute atomic E-state index is 11.2. The summed E-state index contributed by atoms with van der Waals surface area (Å²) in [5, 5.41) is 31.8. The second-order valence-corrected chi connectivity index (χ2v) is 6.90. The lowest BCUT2D eigenvalue weighted by Crippen LogP contribution is -2.01. The summed E-state index contributed by atoms with van der Waals surface area (Å²) in [5.74, 6) is -1.09. The molecular weight excluding hydrogens is 368 g/mol. The number of phenolic OH excluding ortho intramolecular Hbond substituents is 2. The van der Waals surface area contributed by atoms with Crippen LogP contribution < -0.4 is 0 Å². The average molecular weight is 386 g/mol. The number of carboxylic acids is 1. The van der Waals surface area contributed by atoms with Gasteiger partial charge in [-0.25, -0.2) is 9.78 Å². The molecule has 29 heavy (non-hydrogen) atoms. The van der Waals surface area contributed by atoms with E-state index in [2.05, 4.69) is 16.5 Å². The molecular formula is C23H18N2O4. The molecule has 6 heteroatoms. The minimum absolute atomic E-state index is 0.0591. The van der Waals surface area contributed by atoms with Crippen molar-refractivity contribution in [3.8, 4) is 11.5 Å². The summed E-state index contributed by atoms with van der Waals surface area (Å²) < 4.78 is 0. The van der Waals surface area contributed by atoms with Crippen molar-refractivity contribution < 1.29 is 20.1 Å². The van der Waals surface area contributed by atoms with Gasteiger partial charge in [0.05, 0.1) is 0 Å². The number of carboxylic acid groups (broad SMARTS) is 1. The molecule has 0 atom stereocenters. The van der Waals surface area contributed by atoms with Gasteiger partial charge < -0.3 is 15.3 Å². The smallest absolute Gasteiger partial charge is 0.354 e. The molecule has 2 aromatic carbocycles. The Labute approximate surface area is 166 Å². The molecule has 0 bridgehead atoms. The number of phenols is 2. The van der Waals surface area contributed by atoms with Crippen LogP contribution in [0.3, 0.4) is 0 Å². The average Bonchev–Trinajstić information content (AvgIpc) is 2.72. The fraction of sp³-hybridized carbons (Fsp3) is 0.0870. The first-order chi connectivity index (χ1) is 13.9. The number of carbonyl (C=O) groups is 1. The van der Waals surface area contributed by atoms with Gasteiger partial charge in [-0.2, -0.15) is 0 Å². The fourth-order valence-corrected chi connectivity index (χ4v) is 3.39. The summed E-state index contributed by atoms with van der Waals surface area (Å²) in [5.41, 5.74) is 2.73. The van der Waals surface area contributed by atoms with E-state index in [0.717, 1.165) is 11.0 Å². The van der Waals surface area contributed by atoms with Crippen molar-refractivity contribution in [2.24, 2.45) is 0 Å². The highest BCUT2D eigenvalue weighted by Gasteiger charge is 2.14. The van der Waals surface area contributed by atoms with Gasteiger partial charge in [0.1, 0.15) is 28.2 Å². The van der Waals surface area contributed by atoms with Crippen LogP contribution in [-0.2, 0) is 12.8 Å². The molecule has 0 saturated heterocycles. The van der Waals surface area contributed by atoms with Gasteiger partial charge in [-0.1, -0.05) is 48.6 Å². The first-order valence-electron chi connectivity index (χ1n) is 9.01. The van der Waals surface area contributed by atoms with Crippen LogP contribution in [0.5, 0.6) is 11.5 Å². The molecule has 0 unspecified atom stereocenters. The quantitative estimate of drug-likeness (QED) is 0.444. The summed E-state index contributed by atoms with van der Waals surface area (Å²) in [6.07, 6.45) is 2.41. The number of rotatable bonds is 5. The molecule has 0 amide bonds. The lowest BCUT2D eigenvalue weighted by molar-refractivity contribution is 0.0691. The Balaban J connectivity index is 1.61. The van der Waals surface area contributed by atoms with Gasteiger partial charge in [-0.15, -0.1) is 0 Å². The minimum atomic E-state index is -1.15. The van der Waals surface area contributed by atoms with E-state index >= 15 is 0 Å². The fourth-order valence-electron chi connectivity index (χ4n) is 3.39. The van der Waals surface area contributed by atoms with E-state index < -0.39 is 5.97 Å². The van der Waals surface area contributed by atoms with Crippen LogP contribution in [-0.4, -0.2) is 31.3 Å². The third kappa shape index (κ3) is 3.48. The van der Waals surface area contributed by atoms with Crippen molar-refractivity contribution in [3.05, 3.63) is 83.7 Å². The van der Waals surface area contributed by atoms with Crippen molar-refractivity contribution >= 4 is 27.8 Å². The Morgan fingerprint density at radius 3 is 2.10 bits per heavy atom. The van der Waals surface area contributed by atoms with Gasteiger partial charge >= 0.3 is 5.97 Å². The molecule has 0 aliphatic heterocycles. The number of hydrogen-bond donors (Lipinski definition) is 3. The van der Waals surface area contributed by atoms with Gasteiger partial charge in [0.15, 0.2) is 0 Å². The van der Waals surface area contributed by atoms with E-state index in [-0.39, 0.29) is 22.7 Å². The predicted octanol–water partition coefficient (Wildman–Crippen LogP) is 4.23. The molecule has 0 spiro atoms. The Kier molecular flexibility index (Phi) is 4.60. The molecule has 0 fully saturated rings. The lowest BCUT2D eigenvalue weighted by Gasteiger charge is -2.12. The summed E-state index contributed by atoms with van der Waals surface area (Å²) in [4.78, 5) is 19.4. The van der Waals surface area contributed by atoms with Gasteiger partial charge in [0, 0.05) is 28.1 Å². The zero-order valence-electron chi connectivity index (χ0n) is 15.5. The monoisotopic (exact) mass is 386 g/mol. The van der Waals surface area contributed by atoms with Crippen molar-refractivity contribution in [1.82, 2.24) is 9.97 Å². The number of pyridine rings is 2. The van der Waals surface area contributed by atoms with Gasteiger partial charge in [-0.05, 0) is 25.0 Å². The van der Waals surface area contributed by atoms with Crippen LogP contribution in [0.2, 0.25) is 0 Å². The third-order valence-electron chi connectivity index (χ3n) is 4.85. The Morgan fingerprint density at radius 2 is 1.45 bits per heavy atom. The molecule has 0 saturated carbocycles. The largest absolute Gasteiger partial charge is 0.505 e. The van der Waals surface area contributed by atoms with E-state index in [1.54, 1.807) is 24.4 Å². The standard InChI is InChI=1S/C23H18N2O4/c1-13(11-16-6-4-14-3-2-10-24-19(14)21(16)26)12-17-7-5-15-8-9-18(23(28)29)25-20(15)22(17)27/h2-10,26-27H,1,11-12H2,(H,28,29). The summed E-state index contributed by atoms with van der Waals surface area (Å²) in [7, 11) is 0. The summed E-state index contributed by atoms with van der Waals surface area (Å²) in [6.45, 7) is 4.08. The summed E-state index contributed by atoms with van der Waals surface area (Å²) >= 11 is 0. The predicted molar refractivity (Wildman–Crippen MR) is 110 cm³/mol. The third-order valence-corrected chi connectivity index (χ3v) is 4.85. The molecule has 3 N–H and O–H groups in total. The number of aromatic nitrogens is 2. The van der Waals surface area contributed by atoms with Crippen molar-refractivity contribution in [2.45, 2.75) is 12.8 Å². The maximum Gasteiger partial charge on any atom is 0.354 e. The molecule has 2 heterocycles. The minimum Gasteiger partial charge on any atom is -0.505 e. The van der Waals surface area contributed by atoms with E-state index in [1.165, 1.54) is 6.07 Å². The van der Waals surface area contributed by atoms with Crippen LogP contribution in [0.15, 0.2) is 66.9 Å². The topological polar surface area (TPSA) is 104 Å². The number of hydrogen-bond acceptors (Lipinski definition) is 5. The number of nitrogens with zero attached hydrogens (tertiary/aromatic N) is 2. The Hall–Kier alpha value is -3.93. The highest BCUT2D eigenvalue weighted by atomic mass is 16.4. The highest BCUT2D eigenvalue weighted by Crippen LogP contribution is 2.32. The molecule has 2 aromatic heterocycles. The molecule has 0 aliphatic carbocycles. The second kappa shape index (κ2) is 7.24. The second-order valence-electron chi connectivity index (χ2n) is 6.90. The number of benzene rings is 2. The number of fused-ring (bicyclic) bond motifs is 2. The van der Waals surface area contributed by atoms with E-state index in [4.69, 9.17) is 5.11 Å². The number of aromatic hydroxyl groups is 2. The van der Waals surface area contributed by atoms with E-state index in [9.17, 15) is 15.0 Å². The molecule has 4 rings (SSSR count). The molecule has 144 valence electrons. The number of aromatic carboxylic acids is 1. The van der Waals surface area contributed by atoms with E-state index in [1.807, 2.05) is 24.3 Å². The molecule has 0 radical (unpaired) electrons. The summed E-state index contributed by atoms with van der Waals surface area (Å²) in [6, 6.07) is 14.0. The van der Waals surface area contributed by atoms with E-state index in [0.29, 0.717) is 34.9 Å². The first-order valence-corrected chi connectivity index (χ1v) is 9.01. The van der Waals surface area contributed by atoms with Crippen molar-refractivity contribution in [2.75, 3.05) is 0 Å². The molecule has 6 nitrogen and oxygen atoms in total. The molecule has 4 aromatic rings. The van der Waals surface area contributed by atoms with Crippen LogP contribution in [0.25, 0.3) is 21.8 Å². The molecule has 0 aliphatic rings. The van der Waals surface area contributed by atoms with Crippen molar-refractivity contribution in [1.29, 1.82) is 0 Å². The van der Waals surface area contributed by atoms with Crippen LogP contribution in [0.4, 0.5) is 0 Å². The SMILES string of the molecule is C=C(Cc1ccc2cccnc2c1O)Cc1ccc2ccc(C(=O)O)nc2c1O. The van der Waals surface area contributed by atoms with Crippen LogP contribution >= 0.6 is 0 Å².